The zero-order chi connectivity index (χ0) is 20.0. The third-order valence-electron chi connectivity index (χ3n) is 4.47. The van der Waals surface area contributed by atoms with Gasteiger partial charge in [0.25, 0.3) is 0 Å². The van der Waals surface area contributed by atoms with Gasteiger partial charge >= 0.3 is 6.18 Å². The van der Waals surface area contributed by atoms with Gasteiger partial charge in [-0.2, -0.15) is 13.2 Å². The Labute approximate surface area is 161 Å². The molecule has 148 valence electrons. The van der Waals surface area contributed by atoms with Gasteiger partial charge in [-0.25, -0.2) is 4.98 Å². The van der Waals surface area contributed by atoms with Crippen molar-refractivity contribution in [2.24, 2.45) is 0 Å². The van der Waals surface area contributed by atoms with E-state index in [9.17, 15) is 18.3 Å². The Hall–Kier alpha value is -2.60. The highest BCUT2D eigenvalue weighted by Crippen LogP contribution is 2.27. The molecule has 0 radical (unpaired) electrons. The number of alkyl halides is 3. The Balaban J connectivity index is 1.55. The van der Waals surface area contributed by atoms with Gasteiger partial charge in [-0.05, 0) is 42.7 Å². The molecule has 0 spiro atoms. The second-order valence-corrected chi connectivity index (χ2v) is 6.73. The number of halogens is 3. The molecule has 0 aliphatic heterocycles. The number of aromatic nitrogens is 1. The Morgan fingerprint density at radius 1 is 0.964 bits per heavy atom. The summed E-state index contributed by atoms with van der Waals surface area (Å²) in [7, 11) is 0. The lowest BCUT2D eigenvalue weighted by atomic mass is 10.0. The number of benzene rings is 2. The minimum Gasteiger partial charge on any atom is -0.487 e. The number of hydrogen-bond donors (Lipinski definition) is 1. The average Bonchev–Trinajstić information content (AvgIpc) is 2.69. The van der Waals surface area contributed by atoms with Crippen LogP contribution in [0, 0.1) is 0 Å². The fourth-order valence-electron chi connectivity index (χ4n) is 2.99. The Kier molecular flexibility index (Phi) is 6.52. The molecule has 0 aliphatic carbocycles. The first-order valence-corrected chi connectivity index (χ1v) is 9.23. The molecule has 0 saturated heterocycles. The van der Waals surface area contributed by atoms with Gasteiger partial charge in [0.15, 0.2) is 0 Å². The molecule has 0 saturated carbocycles. The molecule has 0 aliphatic rings. The van der Waals surface area contributed by atoms with Crippen LogP contribution in [0.4, 0.5) is 13.2 Å². The van der Waals surface area contributed by atoms with E-state index in [1.54, 1.807) is 24.3 Å². The summed E-state index contributed by atoms with van der Waals surface area (Å²) in [5.74, 6) is 0.585. The number of aliphatic hydroxyl groups is 1. The van der Waals surface area contributed by atoms with E-state index in [0.29, 0.717) is 17.7 Å². The van der Waals surface area contributed by atoms with Gasteiger partial charge < -0.3 is 9.84 Å². The molecule has 3 aromatic rings. The van der Waals surface area contributed by atoms with E-state index < -0.39 is 18.7 Å². The van der Waals surface area contributed by atoms with Gasteiger partial charge in [0, 0.05) is 11.8 Å². The van der Waals surface area contributed by atoms with E-state index in [-0.39, 0.29) is 19.4 Å². The molecule has 6 heteroatoms. The molecule has 1 unspecified atom stereocenters. The standard InChI is InChI=1S/C22H22F3NO2/c23-22(24,25)13-4-3-10-21(27)17-7-5-8-19(14-17)28-15-18-12-11-16-6-1-2-9-20(16)26-18/h1-2,5-9,11-12,14,21,27H,3-4,10,13,15H2. The van der Waals surface area contributed by atoms with Crippen LogP contribution in [-0.4, -0.2) is 16.3 Å². The van der Waals surface area contributed by atoms with Crippen molar-refractivity contribution >= 4 is 10.9 Å². The van der Waals surface area contributed by atoms with Gasteiger partial charge in [-0.3, -0.25) is 0 Å². The minimum atomic E-state index is -4.14. The maximum atomic E-state index is 12.2. The van der Waals surface area contributed by atoms with E-state index in [4.69, 9.17) is 4.74 Å². The summed E-state index contributed by atoms with van der Waals surface area (Å²) in [5, 5.41) is 11.3. The number of pyridine rings is 1. The van der Waals surface area contributed by atoms with Crippen LogP contribution in [0.15, 0.2) is 60.7 Å². The lowest BCUT2D eigenvalue weighted by Crippen LogP contribution is -2.07. The zero-order valence-electron chi connectivity index (χ0n) is 15.3. The van der Waals surface area contributed by atoms with Crippen molar-refractivity contribution in [1.29, 1.82) is 0 Å². The Morgan fingerprint density at radius 3 is 2.61 bits per heavy atom. The molecule has 0 amide bonds. The van der Waals surface area contributed by atoms with E-state index in [1.807, 2.05) is 36.4 Å². The van der Waals surface area contributed by atoms with Crippen LogP contribution in [-0.2, 0) is 6.61 Å². The normalized spacial score (nSPS) is 12.9. The maximum absolute atomic E-state index is 12.2. The molecule has 28 heavy (non-hydrogen) atoms. The third kappa shape index (κ3) is 5.96. The number of para-hydroxylation sites is 1. The summed E-state index contributed by atoms with van der Waals surface area (Å²) in [6.07, 6.45) is -5.16. The number of aliphatic hydroxyl groups excluding tert-OH is 1. The smallest absolute Gasteiger partial charge is 0.389 e. The van der Waals surface area contributed by atoms with Gasteiger partial charge in [0.2, 0.25) is 0 Å². The third-order valence-corrected chi connectivity index (χ3v) is 4.47. The van der Waals surface area contributed by atoms with Crippen molar-refractivity contribution in [2.45, 2.75) is 44.6 Å². The van der Waals surface area contributed by atoms with Crippen molar-refractivity contribution < 1.29 is 23.0 Å². The summed E-state index contributed by atoms with van der Waals surface area (Å²) in [4.78, 5) is 4.55. The van der Waals surface area contributed by atoms with Crippen molar-refractivity contribution in [3.8, 4) is 5.75 Å². The highest BCUT2D eigenvalue weighted by molar-refractivity contribution is 5.78. The van der Waals surface area contributed by atoms with Crippen molar-refractivity contribution in [1.82, 2.24) is 4.98 Å². The van der Waals surface area contributed by atoms with Crippen LogP contribution in [0.5, 0.6) is 5.75 Å². The van der Waals surface area contributed by atoms with Crippen molar-refractivity contribution in [3.63, 3.8) is 0 Å². The first kappa shape index (κ1) is 20.1. The molecule has 3 rings (SSSR count). The van der Waals surface area contributed by atoms with Gasteiger partial charge in [0.05, 0.1) is 17.3 Å². The molecule has 1 N–H and O–H groups in total. The lowest BCUT2D eigenvalue weighted by Gasteiger charge is -2.13. The second kappa shape index (κ2) is 9.06. The van der Waals surface area contributed by atoms with Crippen LogP contribution in [0.25, 0.3) is 10.9 Å². The first-order chi connectivity index (χ1) is 13.4. The number of ether oxygens (including phenoxy) is 1. The summed E-state index contributed by atoms with van der Waals surface area (Å²) in [5.41, 5.74) is 2.32. The first-order valence-electron chi connectivity index (χ1n) is 9.23. The summed E-state index contributed by atoms with van der Waals surface area (Å²) in [6, 6.07) is 18.7. The molecule has 1 heterocycles. The van der Waals surface area contributed by atoms with E-state index >= 15 is 0 Å². The molecular formula is C22H22F3NO2. The Morgan fingerprint density at radius 2 is 1.79 bits per heavy atom. The van der Waals surface area contributed by atoms with Gasteiger partial charge in [-0.15, -0.1) is 0 Å². The van der Waals surface area contributed by atoms with Crippen molar-refractivity contribution in [2.75, 3.05) is 0 Å². The van der Waals surface area contributed by atoms with E-state index in [1.165, 1.54) is 0 Å². The largest absolute Gasteiger partial charge is 0.487 e. The molecule has 1 atom stereocenters. The maximum Gasteiger partial charge on any atom is 0.389 e. The number of rotatable bonds is 8. The number of fused-ring (bicyclic) bond motifs is 1. The lowest BCUT2D eigenvalue weighted by molar-refractivity contribution is -0.135. The summed E-state index contributed by atoms with van der Waals surface area (Å²) < 4.78 is 42.3. The molecule has 0 bridgehead atoms. The highest BCUT2D eigenvalue weighted by Gasteiger charge is 2.26. The van der Waals surface area contributed by atoms with Crippen LogP contribution in [0.2, 0.25) is 0 Å². The monoisotopic (exact) mass is 389 g/mol. The number of unbranched alkanes of at least 4 members (excludes halogenated alkanes) is 1. The molecular weight excluding hydrogens is 367 g/mol. The highest BCUT2D eigenvalue weighted by atomic mass is 19.4. The van der Waals surface area contributed by atoms with Crippen molar-refractivity contribution in [3.05, 3.63) is 71.9 Å². The van der Waals surface area contributed by atoms with Crippen LogP contribution < -0.4 is 4.74 Å². The Bertz CT molecular complexity index is 911. The predicted molar refractivity (Wildman–Crippen MR) is 102 cm³/mol. The van der Waals surface area contributed by atoms with E-state index in [0.717, 1.165) is 16.6 Å². The molecule has 2 aromatic carbocycles. The van der Waals surface area contributed by atoms with E-state index in [2.05, 4.69) is 4.98 Å². The fraction of sp³-hybridized carbons (Fsp3) is 0.318. The fourth-order valence-corrected chi connectivity index (χ4v) is 2.99. The second-order valence-electron chi connectivity index (χ2n) is 6.73. The molecule has 1 aromatic heterocycles. The van der Waals surface area contributed by atoms with Crippen LogP contribution in [0.3, 0.4) is 0 Å². The predicted octanol–water partition coefficient (Wildman–Crippen LogP) is 5.97. The minimum absolute atomic E-state index is 0.0182. The molecule has 3 nitrogen and oxygen atoms in total. The quantitative estimate of drug-likeness (QED) is 0.483. The van der Waals surface area contributed by atoms with Gasteiger partial charge in [-0.1, -0.05) is 42.8 Å². The number of nitrogens with zero attached hydrogens (tertiary/aromatic N) is 1. The number of hydrogen-bond acceptors (Lipinski definition) is 3. The summed E-state index contributed by atoms with van der Waals surface area (Å²) in [6.45, 7) is 0.288. The SMILES string of the molecule is OC(CCCCC(F)(F)F)c1cccc(OCc2ccc3ccccc3n2)c1. The van der Waals surface area contributed by atoms with Crippen LogP contribution >= 0.6 is 0 Å². The summed E-state index contributed by atoms with van der Waals surface area (Å²) >= 11 is 0. The van der Waals surface area contributed by atoms with Crippen LogP contribution in [0.1, 0.15) is 43.0 Å². The van der Waals surface area contributed by atoms with Gasteiger partial charge in [0.1, 0.15) is 12.4 Å². The zero-order valence-corrected chi connectivity index (χ0v) is 15.3. The molecule has 0 fully saturated rings. The topological polar surface area (TPSA) is 42.4 Å². The average molecular weight is 389 g/mol.